The van der Waals surface area contributed by atoms with Gasteiger partial charge in [0.1, 0.15) is 0 Å². The lowest BCUT2D eigenvalue weighted by Gasteiger charge is -2.36. The lowest BCUT2D eigenvalue weighted by molar-refractivity contribution is -0.133. The van der Waals surface area contributed by atoms with Gasteiger partial charge >= 0.3 is 0 Å². The van der Waals surface area contributed by atoms with Gasteiger partial charge in [-0.1, -0.05) is 31.5 Å². The average Bonchev–Trinajstić information content (AvgIpc) is 2.51. The van der Waals surface area contributed by atoms with Crippen LogP contribution in [-0.2, 0) is 4.79 Å². The van der Waals surface area contributed by atoms with Gasteiger partial charge in [-0.25, -0.2) is 0 Å². The second kappa shape index (κ2) is 6.80. The number of carbonyl (C=O) groups excluding carboxylic acids is 1. The highest BCUT2D eigenvalue weighted by Gasteiger charge is 2.33. The maximum atomic E-state index is 12.5. The quantitative estimate of drug-likeness (QED) is 0.925. The first-order chi connectivity index (χ1) is 9.90. The molecular weight excluding hydrogens is 284 g/mol. The first kappa shape index (κ1) is 16.3. The molecule has 2 unspecified atom stereocenters. The first-order valence-corrected chi connectivity index (χ1v) is 8.09. The molecule has 1 amide bonds. The van der Waals surface area contributed by atoms with E-state index in [2.05, 4.69) is 13.8 Å². The maximum Gasteiger partial charge on any atom is 0.223 e. The SMILES string of the molecule is Cc1cc(Cl)ccc1C1C(N)CCCC(=O)N1CC(C)C. The number of carbonyl (C=O) groups is 1. The van der Waals surface area contributed by atoms with Crippen LogP contribution in [-0.4, -0.2) is 23.4 Å². The van der Waals surface area contributed by atoms with Gasteiger partial charge in [0, 0.05) is 24.0 Å². The fourth-order valence-corrected chi connectivity index (χ4v) is 3.38. The maximum absolute atomic E-state index is 12.5. The topological polar surface area (TPSA) is 46.3 Å². The van der Waals surface area contributed by atoms with Crippen LogP contribution in [0.1, 0.15) is 50.3 Å². The Bertz CT molecular complexity index is 516. The summed E-state index contributed by atoms with van der Waals surface area (Å²) in [6.07, 6.45) is 2.36. The lowest BCUT2D eigenvalue weighted by Crippen LogP contribution is -2.44. The highest BCUT2D eigenvalue weighted by Crippen LogP contribution is 2.33. The fraction of sp³-hybridized carbons (Fsp3) is 0.588. The van der Waals surface area contributed by atoms with E-state index in [9.17, 15) is 4.79 Å². The molecule has 1 fully saturated rings. The van der Waals surface area contributed by atoms with Crippen LogP contribution >= 0.6 is 11.6 Å². The summed E-state index contributed by atoms with van der Waals surface area (Å²) in [5.74, 6) is 0.644. The smallest absolute Gasteiger partial charge is 0.223 e. The number of benzene rings is 1. The van der Waals surface area contributed by atoms with Gasteiger partial charge in [0.05, 0.1) is 6.04 Å². The molecule has 1 heterocycles. The molecule has 1 aromatic carbocycles. The molecule has 2 N–H and O–H groups in total. The number of aryl methyl sites for hydroxylation is 1. The molecule has 0 bridgehead atoms. The van der Waals surface area contributed by atoms with Crippen molar-refractivity contribution in [2.24, 2.45) is 11.7 Å². The molecule has 0 spiro atoms. The van der Waals surface area contributed by atoms with Gasteiger partial charge < -0.3 is 10.6 Å². The standard InChI is InChI=1S/C17H25ClN2O/c1-11(2)10-20-16(21)6-4-5-15(19)17(20)14-8-7-13(18)9-12(14)3/h7-9,11,15,17H,4-6,10,19H2,1-3H3. The Morgan fingerprint density at radius 1 is 1.43 bits per heavy atom. The molecule has 1 aliphatic rings. The summed E-state index contributed by atoms with van der Waals surface area (Å²) in [6.45, 7) is 7.06. The van der Waals surface area contributed by atoms with Gasteiger partial charge in [0.25, 0.3) is 0 Å². The monoisotopic (exact) mass is 308 g/mol. The zero-order valence-electron chi connectivity index (χ0n) is 13.1. The van der Waals surface area contributed by atoms with E-state index in [4.69, 9.17) is 17.3 Å². The second-order valence-corrected chi connectivity index (χ2v) is 6.88. The van der Waals surface area contributed by atoms with Crippen molar-refractivity contribution in [1.82, 2.24) is 4.90 Å². The van der Waals surface area contributed by atoms with Crippen LogP contribution in [0.5, 0.6) is 0 Å². The predicted molar refractivity (Wildman–Crippen MR) is 87.3 cm³/mol. The molecule has 2 atom stereocenters. The van der Waals surface area contributed by atoms with E-state index in [-0.39, 0.29) is 18.0 Å². The summed E-state index contributed by atoms with van der Waals surface area (Å²) in [7, 11) is 0. The minimum absolute atomic E-state index is 0.0184. The van der Waals surface area contributed by atoms with E-state index in [1.54, 1.807) is 0 Å². The van der Waals surface area contributed by atoms with Crippen LogP contribution in [0, 0.1) is 12.8 Å². The summed E-state index contributed by atoms with van der Waals surface area (Å²) in [4.78, 5) is 14.5. The number of likely N-dealkylation sites (tertiary alicyclic amines) is 1. The van der Waals surface area contributed by atoms with Crippen molar-refractivity contribution in [3.05, 3.63) is 34.3 Å². The zero-order chi connectivity index (χ0) is 15.6. The number of hydrogen-bond acceptors (Lipinski definition) is 2. The van der Waals surface area contributed by atoms with E-state index < -0.39 is 0 Å². The van der Waals surface area contributed by atoms with Gasteiger partial charge in [-0.3, -0.25) is 4.79 Å². The summed E-state index contributed by atoms with van der Waals surface area (Å²) < 4.78 is 0. The Hall–Kier alpha value is -1.06. The van der Waals surface area contributed by atoms with Crippen molar-refractivity contribution < 1.29 is 4.79 Å². The molecular formula is C17H25ClN2O. The van der Waals surface area contributed by atoms with Gasteiger partial charge in [0.15, 0.2) is 0 Å². The Morgan fingerprint density at radius 2 is 2.14 bits per heavy atom. The van der Waals surface area contributed by atoms with Crippen LogP contribution in [0.3, 0.4) is 0 Å². The molecule has 3 nitrogen and oxygen atoms in total. The average molecular weight is 309 g/mol. The van der Waals surface area contributed by atoms with E-state index in [1.807, 2.05) is 30.0 Å². The van der Waals surface area contributed by atoms with Crippen LogP contribution in [0.15, 0.2) is 18.2 Å². The Morgan fingerprint density at radius 3 is 2.76 bits per heavy atom. The van der Waals surface area contributed by atoms with E-state index >= 15 is 0 Å². The number of halogens is 1. The molecule has 0 aromatic heterocycles. The highest BCUT2D eigenvalue weighted by molar-refractivity contribution is 6.30. The van der Waals surface area contributed by atoms with Gasteiger partial charge in [-0.2, -0.15) is 0 Å². The van der Waals surface area contributed by atoms with Crippen LogP contribution in [0.4, 0.5) is 0 Å². The summed E-state index contributed by atoms with van der Waals surface area (Å²) in [5, 5.41) is 0.722. The number of rotatable bonds is 3. The molecule has 2 rings (SSSR count). The third kappa shape index (κ3) is 3.78. The van der Waals surface area contributed by atoms with Gasteiger partial charge in [0.2, 0.25) is 5.91 Å². The summed E-state index contributed by atoms with van der Waals surface area (Å²) in [6, 6.07) is 5.80. The van der Waals surface area contributed by atoms with E-state index in [0.29, 0.717) is 12.3 Å². The van der Waals surface area contributed by atoms with Crippen molar-refractivity contribution in [2.75, 3.05) is 6.54 Å². The molecule has 1 aliphatic heterocycles. The number of nitrogens with two attached hydrogens (primary N) is 1. The molecule has 116 valence electrons. The molecule has 0 radical (unpaired) electrons. The minimum atomic E-state index is -0.0420. The third-order valence-corrected chi connectivity index (χ3v) is 4.34. The van der Waals surface area contributed by atoms with E-state index in [1.165, 1.54) is 0 Å². The van der Waals surface area contributed by atoms with Gasteiger partial charge in [-0.15, -0.1) is 0 Å². The lowest BCUT2D eigenvalue weighted by atomic mass is 9.92. The van der Waals surface area contributed by atoms with Crippen molar-refractivity contribution in [1.29, 1.82) is 0 Å². The highest BCUT2D eigenvalue weighted by atomic mass is 35.5. The molecule has 1 aromatic rings. The molecule has 21 heavy (non-hydrogen) atoms. The predicted octanol–water partition coefficient (Wildman–Crippen LogP) is 3.69. The van der Waals surface area contributed by atoms with Crippen molar-refractivity contribution in [2.45, 2.75) is 52.1 Å². The zero-order valence-corrected chi connectivity index (χ0v) is 13.9. The Labute approximate surface area is 132 Å². The summed E-state index contributed by atoms with van der Waals surface area (Å²) >= 11 is 6.06. The largest absolute Gasteiger partial charge is 0.334 e. The molecule has 4 heteroatoms. The van der Waals surface area contributed by atoms with Crippen LogP contribution < -0.4 is 5.73 Å². The summed E-state index contributed by atoms with van der Waals surface area (Å²) in [5.41, 5.74) is 8.65. The molecule has 0 aliphatic carbocycles. The Balaban J connectivity index is 2.43. The van der Waals surface area contributed by atoms with Gasteiger partial charge in [-0.05, 0) is 48.9 Å². The van der Waals surface area contributed by atoms with Crippen LogP contribution in [0.25, 0.3) is 0 Å². The normalized spacial score (nSPS) is 23.5. The number of amides is 1. The Kier molecular flexibility index (Phi) is 5.28. The minimum Gasteiger partial charge on any atom is -0.334 e. The van der Waals surface area contributed by atoms with E-state index in [0.717, 1.165) is 35.5 Å². The third-order valence-electron chi connectivity index (χ3n) is 4.10. The number of nitrogens with zero attached hydrogens (tertiary/aromatic N) is 1. The van der Waals surface area contributed by atoms with Crippen molar-refractivity contribution in [3.8, 4) is 0 Å². The number of hydrogen-bond donors (Lipinski definition) is 1. The first-order valence-electron chi connectivity index (χ1n) is 7.71. The van der Waals surface area contributed by atoms with Crippen molar-refractivity contribution in [3.63, 3.8) is 0 Å². The fourth-order valence-electron chi connectivity index (χ4n) is 3.15. The second-order valence-electron chi connectivity index (χ2n) is 6.44. The van der Waals surface area contributed by atoms with Crippen LogP contribution in [0.2, 0.25) is 5.02 Å². The van der Waals surface area contributed by atoms with Crippen molar-refractivity contribution >= 4 is 17.5 Å². The molecule has 1 saturated heterocycles. The molecule has 0 saturated carbocycles.